The van der Waals surface area contributed by atoms with E-state index in [1.165, 1.54) is 12.1 Å². The predicted molar refractivity (Wildman–Crippen MR) is 97.8 cm³/mol. The second-order valence-electron chi connectivity index (χ2n) is 5.41. The summed E-state index contributed by atoms with van der Waals surface area (Å²) in [5.74, 6) is -1.32. The molecule has 8 nitrogen and oxygen atoms in total. The third-order valence-electron chi connectivity index (χ3n) is 3.55. The molecule has 0 fully saturated rings. The number of phenolic OH excluding ortho intramolecular Hbond substituents is 1. The molecule has 0 saturated heterocycles. The van der Waals surface area contributed by atoms with Gasteiger partial charge in [-0.3, -0.25) is 14.9 Å². The highest BCUT2D eigenvalue weighted by atomic mass is 16.6. The molecule has 1 amide bonds. The van der Waals surface area contributed by atoms with Crippen molar-refractivity contribution < 1.29 is 19.6 Å². The number of carbonyl (C=O) groups excluding carboxylic acids is 1. The monoisotopic (exact) mass is 367 g/mol. The van der Waals surface area contributed by atoms with Gasteiger partial charge in [-0.2, -0.15) is 5.26 Å². The van der Waals surface area contributed by atoms with Crippen LogP contribution in [0.15, 0.2) is 48.0 Å². The Morgan fingerprint density at radius 1 is 1.37 bits per heavy atom. The van der Waals surface area contributed by atoms with Gasteiger partial charge in [-0.05, 0) is 30.2 Å². The number of hydrogen-bond donors (Lipinski definition) is 2. The van der Waals surface area contributed by atoms with Crippen LogP contribution in [0.5, 0.6) is 11.5 Å². The van der Waals surface area contributed by atoms with Crippen LogP contribution < -0.4 is 10.1 Å². The number of phenols is 1. The van der Waals surface area contributed by atoms with Crippen molar-refractivity contribution in [1.29, 1.82) is 5.26 Å². The summed E-state index contributed by atoms with van der Waals surface area (Å²) in [5, 5.41) is 32.9. The molecule has 0 bridgehead atoms. The third-order valence-corrected chi connectivity index (χ3v) is 3.55. The van der Waals surface area contributed by atoms with Crippen LogP contribution in [-0.4, -0.2) is 22.5 Å². The molecule has 0 radical (unpaired) electrons. The molecular formula is C19H17N3O5. The smallest absolute Gasteiger partial charge is 0.315 e. The van der Waals surface area contributed by atoms with E-state index < -0.39 is 22.3 Å². The van der Waals surface area contributed by atoms with E-state index in [0.717, 1.165) is 11.6 Å². The molecule has 2 aromatic rings. The fourth-order valence-electron chi connectivity index (χ4n) is 2.29. The lowest BCUT2D eigenvalue weighted by molar-refractivity contribution is -0.386. The summed E-state index contributed by atoms with van der Waals surface area (Å²) in [4.78, 5) is 22.6. The van der Waals surface area contributed by atoms with Gasteiger partial charge in [0.1, 0.15) is 11.6 Å². The summed E-state index contributed by atoms with van der Waals surface area (Å²) in [6, 6.07) is 13.3. The van der Waals surface area contributed by atoms with Crippen molar-refractivity contribution >= 4 is 17.7 Å². The van der Waals surface area contributed by atoms with Gasteiger partial charge in [-0.15, -0.1) is 0 Å². The van der Waals surface area contributed by atoms with Crippen LogP contribution in [0.25, 0.3) is 6.08 Å². The minimum absolute atomic E-state index is 0.0973. The zero-order valence-electron chi connectivity index (χ0n) is 14.5. The third kappa shape index (κ3) is 5.06. The van der Waals surface area contributed by atoms with Crippen LogP contribution in [0.2, 0.25) is 0 Å². The van der Waals surface area contributed by atoms with Crippen molar-refractivity contribution in [3.8, 4) is 17.6 Å². The first-order valence-electron chi connectivity index (χ1n) is 8.04. The number of carbonyl (C=O) groups is 1. The number of amides is 1. The Labute approximate surface area is 155 Å². The van der Waals surface area contributed by atoms with Crippen molar-refractivity contribution in [2.75, 3.05) is 6.61 Å². The van der Waals surface area contributed by atoms with Gasteiger partial charge in [0.2, 0.25) is 5.75 Å². The lowest BCUT2D eigenvalue weighted by atomic mass is 10.1. The van der Waals surface area contributed by atoms with E-state index in [4.69, 9.17) is 4.74 Å². The zero-order valence-corrected chi connectivity index (χ0v) is 14.5. The van der Waals surface area contributed by atoms with E-state index in [1.54, 1.807) is 13.0 Å². The standard InChI is InChI=1S/C19H17N3O5/c1-2-27-17-10-14(9-16(18(17)23)22(25)26)8-15(11-20)19(24)21-12-13-6-4-3-5-7-13/h3-10,23H,2,12H2,1H3,(H,21,24)/b15-8+. The molecule has 0 aliphatic carbocycles. The minimum atomic E-state index is -0.767. The quantitative estimate of drug-likeness (QED) is 0.335. The second kappa shape index (κ2) is 9.01. The largest absolute Gasteiger partial charge is 0.500 e. The summed E-state index contributed by atoms with van der Waals surface area (Å²) >= 11 is 0. The molecule has 0 heterocycles. The number of nitro groups is 1. The molecule has 27 heavy (non-hydrogen) atoms. The van der Waals surface area contributed by atoms with E-state index in [0.29, 0.717) is 0 Å². The van der Waals surface area contributed by atoms with Gasteiger partial charge in [0.15, 0.2) is 5.75 Å². The number of nitro benzene ring substituents is 1. The Kier molecular flexibility index (Phi) is 6.49. The molecule has 0 aliphatic heterocycles. The van der Waals surface area contributed by atoms with Gasteiger partial charge < -0.3 is 15.2 Å². The van der Waals surface area contributed by atoms with Gasteiger partial charge in [0, 0.05) is 12.6 Å². The first-order chi connectivity index (χ1) is 13.0. The van der Waals surface area contributed by atoms with E-state index in [1.807, 2.05) is 30.3 Å². The molecule has 0 aliphatic rings. The van der Waals surface area contributed by atoms with E-state index in [-0.39, 0.29) is 30.0 Å². The number of nitriles is 1. The number of hydrogen-bond acceptors (Lipinski definition) is 6. The highest BCUT2D eigenvalue weighted by molar-refractivity contribution is 6.01. The molecular weight excluding hydrogens is 350 g/mol. The number of nitrogens with zero attached hydrogens (tertiary/aromatic N) is 2. The molecule has 0 saturated carbocycles. The van der Waals surface area contributed by atoms with Crippen LogP contribution in [0.3, 0.4) is 0 Å². The second-order valence-corrected chi connectivity index (χ2v) is 5.41. The molecule has 8 heteroatoms. The first kappa shape index (κ1) is 19.5. The Morgan fingerprint density at radius 3 is 2.67 bits per heavy atom. The highest BCUT2D eigenvalue weighted by Crippen LogP contribution is 2.37. The van der Waals surface area contributed by atoms with Crippen LogP contribution >= 0.6 is 0 Å². The van der Waals surface area contributed by atoms with Crippen molar-refractivity contribution in [3.63, 3.8) is 0 Å². The van der Waals surface area contributed by atoms with Gasteiger partial charge in [0.25, 0.3) is 5.91 Å². The van der Waals surface area contributed by atoms with Gasteiger partial charge in [-0.25, -0.2) is 0 Å². The molecule has 0 spiro atoms. The number of aromatic hydroxyl groups is 1. The minimum Gasteiger partial charge on any atom is -0.500 e. The summed E-state index contributed by atoms with van der Waals surface area (Å²) in [5.41, 5.74) is 0.249. The lowest BCUT2D eigenvalue weighted by Crippen LogP contribution is -2.23. The Hall–Kier alpha value is -3.86. The van der Waals surface area contributed by atoms with E-state index in [9.17, 15) is 25.3 Å². The zero-order chi connectivity index (χ0) is 19.8. The number of benzene rings is 2. The molecule has 2 aromatic carbocycles. The summed E-state index contributed by atoms with van der Waals surface area (Å²) in [7, 11) is 0. The van der Waals surface area contributed by atoms with Crippen molar-refractivity contribution in [2.24, 2.45) is 0 Å². The molecule has 2 N–H and O–H groups in total. The lowest BCUT2D eigenvalue weighted by Gasteiger charge is -2.08. The van der Waals surface area contributed by atoms with Crippen LogP contribution in [0.1, 0.15) is 18.1 Å². The fourth-order valence-corrected chi connectivity index (χ4v) is 2.29. The number of rotatable bonds is 7. The van der Waals surface area contributed by atoms with Gasteiger partial charge in [-0.1, -0.05) is 30.3 Å². The van der Waals surface area contributed by atoms with Crippen LogP contribution in [0.4, 0.5) is 5.69 Å². The highest BCUT2D eigenvalue weighted by Gasteiger charge is 2.20. The van der Waals surface area contributed by atoms with E-state index >= 15 is 0 Å². The summed E-state index contributed by atoms with van der Waals surface area (Å²) < 4.78 is 5.18. The molecule has 2 rings (SSSR count). The maximum absolute atomic E-state index is 12.2. The van der Waals surface area contributed by atoms with Crippen LogP contribution in [-0.2, 0) is 11.3 Å². The van der Waals surface area contributed by atoms with Crippen molar-refractivity contribution in [1.82, 2.24) is 5.32 Å². The Balaban J connectivity index is 2.29. The van der Waals surface area contributed by atoms with Crippen molar-refractivity contribution in [3.05, 3.63) is 69.3 Å². The van der Waals surface area contributed by atoms with Crippen LogP contribution in [0, 0.1) is 21.4 Å². The normalized spacial score (nSPS) is 10.7. The molecule has 0 unspecified atom stereocenters. The topological polar surface area (TPSA) is 125 Å². The molecule has 0 aromatic heterocycles. The average molecular weight is 367 g/mol. The maximum Gasteiger partial charge on any atom is 0.315 e. The first-order valence-corrected chi connectivity index (χ1v) is 8.04. The Morgan fingerprint density at radius 2 is 2.07 bits per heavy atom. The summed E-state index contributed by atoms with van der Waals surface area (Å²) in [6.07, 6.45) is 1.20. The predicted octanol–water partition coefficient (Wildman–Crippen LogP) is 2.92. The maximum atomic E-state index is 12.2. The number of nitrogens with one attached hydrogen (secondary N) is 1. The number of ether oxygens (including phenoxy) is 1. The Bertz CT molecular complexity index is 917. The van der Waals surface area contributed by atoms with Gasteiger partial charge in [0.05, 0.1) is 11.5 Å². The molecule has 0 atom stereocenters. The summed E-state index contributed by atoms with van der Waals surface area (Å²) in [6.45, 7) is 2.07. The van der Waals surface area contributed by atoms with Crippen molar-refractivity contribution in [2.45, 2.75) is 13.5 Å². The SMILES string of the molecule is CCOc1cc(/C=C(\C#N)C(=O)NCc2ccccc2)cc([N+](=O)[O-])c1O. The van der Waals surface area contributed by atoms with Gasteiger partial charge >= 0.3 is 5.69 Å². The fraction of sp³-hybridized carbons (Fsp3) is 0.158. The van der Waals surface area contributed by atoms with E-state index in [2.05, 4.69) is 5.32 Å². The average Bonchev–Trinajstić information content (AvgIpc) is 2.67. The molecule has 138 valence electrons.